The Morgan fingerprint density at radius 3 is 1.83 bits per heavy atom. The lowest BCUT2D eigenvalue weighted by atomic mass is 9.81. The van der Waals surface area contributed by atoms with E-state index in [4.69, 9.17) is 0 Å². The highest BCUT2D eigenvalue weighted by molar-refractivity contribution is 5.62. The summed E-state index contributed by atoms with van der Waals surface area (Å²) in [6.45, 7) is 21.5. The van der Waals surface area contributed by atoms with Crippen molar-refractivity contribution >= 4 is 17.1 Å². The number of aryl methyl sites for hydroxylation is 1. The molecule has 0 saturated heterocycles. The van der Waals surface area contributed by atoms with E-state index in [0.29, 0.717) is 11.3 Å². The Kier molecular flexibility index (Phi) is 8.36. The highest BCUT2D eigenvalue weighted by atomic mass is 14.9. The van der Waals surface area contributed by atoms with Crippen LogP contribution in [-0.2, 0) is 18.4 Å². The van der Waals surface area contributed by atoms with Gasteiger partial charge in [-0.25, -0.2) is 0 Å². The van der Waals surface area contributed by atoms with Gasteiger partial charge in [0.05, 0.1) is 0 Å². The van der Waals surface area contributed by atoms with Crippen LogP contribution in [0.15, 0.2) is 60.7 Å². The van der Waals surface area contributed by atoms with E-state index >= 15 is 0 Å². The normalized spacial score (nSPS) is 12.9. The average molecular weight is 471 g/mol. The van der Waals surface area contributed by atoms with Gasteiger partial charge in [-0.3, -0.25) is 0 Å². The predicted molar refractivity (Wildman–Crippen MR) is 155 cm³/mol. The van der Waals surface area contributed by atoms with Crippen molar-refractivity contribution in [3.8, 4) is 0 Å². The lowest BCUT2D eigenvalue weighted by molar-refractivity contribution is 0.306. The third kappa shape index (κ3) is 8.16. The fraction of sp³-hybridized carbons (Fsp3) is 0.455. The van der Waals surface area contributed by atoms with Crippen molar-refractivity contribution in [1.82, 2.24) is 0 Å². The molecule has 3 aromatic carbocycles. The fourth-order valence-electron chi connectivity index (χ4n) is 5.18. The van der Waals surface area contributed by atoms with Crippen LogP contribution in [0.4, 0.5) is 17.1 Å². The first-order valence-corrected chi connectivity index (χ1v) is 13.1. The number of nitrogens with one attached hydrogen (secondary N) is 2. The van der Waals surface area contributed by atoms with Gasteiger partial charge in [-0.05, 0) is 102 Å². The zero-order valence-electron chi connectivity index (χ0n) is 23.5. The number of benzene rings is 3. The average Bonchev–Trinajstić information content (AvgIpc) is 2.74. The Morgan fingerprint density at radius 1 is 0.743 bits per heavy atom. The van der Waals surface area contributed by atoms with E-state index in [1.54, 1.807) is 0 Å². The van der Waals surface area contributed by atoms with E-state index in [-0.39, 0.29) is 5.41 Å². The molecule has 0 aliphatic heterocycles. The maximum atomic E-state index is 3.61. The van der Waals surface area contributed by atoms with Gasteiger partial charge in [0.1, 0.15) is 0 Å². The van der Waals surface area contributed by atoms with Crippen molar-refractivity contribution in [2.24, 2.45) is 11.3 Å². The molecule has 0 bridgehead atoms. The minimum atomic E-state index is 0.154. The van der Waals surface area contributed by atoms with Gasteiger partial charge in [-0.15, -0.1) is 0 Å². The van der Waals surface area contributed by atoms with Crippen molar-refractivity contribution in [3.05, 3.63) is 88.5 Å². The van der Waals surface area contributed by atoms with Crippen molar-refractivity contribution in [3.63, 3.8) is 0 Å². The molecule has 35 heavy (non-hydrogen) atoms. The molecule has 0 aliphatic carbocycles. The standard InChI is InChI=1S/C33H46N2/c1-23-19-27(25(3)31(20-23)33(7,8)9)22-34-28-14-16-30(17-15-28)35-29-12-10-26(11-13-29)18-24(2)21-32(4,5)6/h10-17,19-20,24,34-35H,18,21-22H2,1-9H3. The Bertz CT molecular complexity index is 1090. The number of hydrogen-bond donors (Lipinski definition) is 2. The molecule has 3 aromatic rings. The third-order valence-electron chi connectivity index (χ3n) is 6.62. The first-order valence-electron chi connectivity index (χ1n) is 13.1. The zero-order chi connectivity index (χ0) is 25.8. The van der Waals surface area contributed by atoms with Gasteiger partial charge in [-0.2, -0.15) is 0 Å². The Balaban J connectivity index is 1.58. The quantitative estimate of drug-likeness (QED) is 0.342. The Morgan fingerprint density at radius 2 is 1.29 bits per heavy atom. The van der Waals surface area contributed by atoms with Crippen LogP contribution < -0.4 is 10.6 Å². The lowest BCUT2D eigenvalue weighted by Crippen LogP contribution is -2.15. The summed E-state index contributed by atoms with van der Waals surface area (Å²) in [5, 5.41) is 7.15. The SMILES string of the molecule is Cc1cc(CNc2ccc(Nc3ccc(CC(C)CC(C)(C)C)cc3)cc2)c(C)c(C(C)(C)C)c1. The molecule has 2 nitrogen and oxygen atoms in total. The van der Waals surface area contributed by atoms with E-state index in [1.807, 2.05) is 0 Å². The zero-order valence-corrected chi connectivity index (χ0v) is 23.5. The predicted octanol–water partition coefficient (Wildman–Crippen LogP) is 9.57. The molecular formula is C33H46N2. The van der Waals surface area contributed by atoms with Gasteiger partial charge in [0.25, 0.3) is 0 Å². The van der Waals surface area contributed by atoms with Gasteiger partial charge < -0.3 is 10.6 Å². The lowest BCUT2D eigenvalue weighted by Gasteiger charge is -2.24. The summed E-state index contributed by atoms with van der Waals surface area (Å²) in [6.07, 6.45) is 2.38. The number of hydrogen-bond acceptors (Lipinski definition) is 2. The maximum Gasteiger partial charge on any atom is 0.0403 e. The second-order valence-corrected chi connectivity index (χ2v) is 12.7. The molecule has 3 rings (SSSR count). The van der Waals surface area contributed by atoms with E-state index in [0.717, 1.165) is 30.0 Å². The second kappa shape index (κ2) is 10.9. The summed E-state index contributed by atoms with van der Waals surface area (Å²) in [5.41, 5.74) is 10.8. The van der Waals surface area contributed by atoms with Gasteiger partial charge in [-0.1, -0.05) is 78.3 Å². The van der Waals surface area contributed by atoms with Crippen LogP contribution in [0.3, 0.4) is 0 Å². The Labute approximate surface area is 214 Å². The minimum Gasteiger partial charge on any atom is -0.381 e. The van der Waals surface area contributed by atoms with E-state index in [1.165, 1.54) is 34.2 Å². The van der Waals surface area contributed by atoms with Crippen molar-refractivity contribution in [1.29, 1.82) is 0 Å². The van der Waals surface area contributed by atoms with E-state index in [2.05, 4.69) is 134 Å². The number of anilines is 3. The second-order valence-electron chi connectivity index (χ2n) is 12.7. The topological polar surface area (TPSA) is 24.1 Å². The molecular weight excluding hydrogens is 424 g/mol. The minimum absolute atomic E-state index is 0.154. The van der Waals surface area contributed by atoms with Gasteiger partial charge in [0.2, 0.25) is 0 Å². The third-order valence-corrected chi connectivity index (χ3v) is 6.62. The van der Waals surface area contributed by atoms with Crippen molar-refractivity contribution < 1.29 is 0 Å². The molecule has 0 amide bonds. The highest BCUT2D eigenvalue weighted by Gasteiger charge is 2.18. The summed E-state index contributed by atoms with van der Waals surface area (Å²) >= 11 is 0. The fourth-order valence-corrected chi connectivity index (χ4v) is 5.18. The van der Waals surface area contributed by atoms with Crippen molar-refractivity contribution in [2.45, 2.75) is 87.1 Å². The van der Waals surface area contributed by atoms with Crippen LogP contribution in [-0.4, -0.2) is 0 Å². The molecule has 0 aromatic heterocycles. The first-order chi connectivity index (χ1) is 16.3. The maximum absolute atomic E-state index is 3.61. The van der Waals surface area contributed by atoms with Gasteiger partial charge in [0, 0.05) is 23.6 Å². The monoisotopic (exact) mass is 470 g/mol. The summed E-state index contributed by atoms with van der Waals surface area (Å²) in [6, 6.07) is 22.1. The molecule has 1 atom stereocenters. The Hall–Kier alpha value is -2.74. The number of rotatable bonds is 8. The van der Waals surface area contributed by atoms with Crippen molar-refractivity contribution in [2.75, 3.05) is 10.6 Å². The summed E-state index contributed by atoms with van der Waals surface area (Å²) < 4.78 is 0. The van der Waals surface area contributed by atoms with Crippen LogP contribution in [0.2, 0.25) is 0 Å². The van der Waals surface area contributed by atoms with E-state index in [9.17, 15) is 0 Å². The molecule has 0 saturated carbocycles. The molecule has 188 valence electrons. The molecule has 0 spiro atoms. The van der Waals surface area contributed by atoms with Gasteiger partial charge in [0.15, 0.2) is 0 Å². The molecule has 1 unspecified atom stereocenters. The van der Waals surface area contributed by atoms with Crippen LogP contribution in [0, 0.1) is 25.2 Å². The molecule has 2 heteroatoms. The molecule has 0 radical (unpaired) electrons. The summed E-state index contributed by atoms with van der Waals surface area (Å²) in [4.78, 5) is 0. The van der Waals surface area contributed by atoms with Gasteiger partial charge >= 0.3 is 0 Å². The largest absolute Gasteiger partial charge is 0.381 e. The molecule has 0 heterocycles. The first kappa shape index (κ1) is 26.9. The van der Waals surface area contributed by atoms with Crippen LogP contribution in [0.5, 0.6) is 0 Å². The molecule has 0 fully saturated rings. The van der Waals surface area contributed by atoms with Crippen LogP contribution >= 0.6 is 0 Å². The molecule has 0 aliphatic rings. The van der Waals surface area contributed by atoms with E-state index < -0.39 is 0 Å². The summed E-state index contributed by atoms with van der Waals surface area (Å²) in [5.74, 6) is 0.692. The van der Waals surface area contributed by atoms with Crippen LogP contribution in [0.1, 0.15) is 82.7 Å². The molecule has 2 N–H and O–H groups in total. The smallest absolute Gasteiger partial charge is 0.0403 e. The van der Waals surface area contributed by atoms with Crippen LogP contribution in [0.25, 0.3) is 0 Å². The summed E-state index contributed by atoms with van der Waals surface area (Å²) in [7, 11) is 0. The highest BCUT2D eigenvalue weighted by Crippen LogP contribution is 2.30.